The Hall–Kier alpha value is -0.790. The Labute approximate surface area is 123 Å². The van der Waals surface area contributed by atoms with E-state index in [2.05, 4.69) is 4.72 Å². The van der Waals surface area contributed by atoms with Crippen LogP contribution in [0.3, 0.4) is 0 Å². The Morgan fingerprint density at radius 3 is 2.60 bits per heavy atom. The summed E-state index contributed by atoms with van der Waals surface area (Å²) < 4.78 is 40.7. The molecule has 1 aliphatic carbocycles. The molecule has 112 valence electrons. The summed E-state index contributed by atoms with van der Waals surface area (Å²) in [4.78, 5) is -0.450. The van der Waals surface area contributed by atoms with Crippen LogP contribution in [-0.4, -0.2) is 26.0 Å². The van der Waals surface area contributed by atoms with Crippen LogP contribution in [0.2, 0.25) is 0 Å². The highest BCUT2D eigenvalue weighted by Gasteiger charge is 2.35. The van der Waals surface area contributed by atoms with Crippen LogP contribution in [0.5, 0.6) is 0 Å². The summed E-state index contributed by atoms with van der Waals surface area (Å²) in [6, 6.07) is 3.88. The van der Waals surface area contributed by atoms with Gasteiger partial charge in [-0.15, -0.1) is 0 Å². The second-order valence-electron chi connectivity index (χ2n) is 5.08. The van der Waals surface area contributed by atoms with Crippen LogP contribution < -0.4 is 10.5 Å². The zero-order valence-corrected chi connectivity index (χ0v) is 13.0. The molecule has 0 aromatic heterocycles. The number of nitrogen functional groups attached to an aromatic ring is 1. The van der Waals surface area contributed by atoms with Crippen LogP contribution in [0.1, 0.15) is 25.7 Å². The molecule has 0 radical (unpaired) electrons. The highest BCUT2D eigenvalue weighted by molar-refractivity contribution is 8.00. The first-order valence-corrected chi connectivity index (χ1v) is 9.20. The Morgan fingerprint density at radius 2 is 2.05 bits per heavy atom. The van der Waals surface area contributed by atoms with E-state index in [0.29, 0.717) is 6.54 Å². The highest BCUT2D eigenvalue weighted by atomic mass is 32.2. The number of hydrogen-bond acceptors (Lipinski definition) is 4. The number of sulfonamides is 1. The van der Waals surface area contributed by atoms with Crippen molar-refractivity contribution in [3.05, 3.63) is 24.0 Å². The second-order valence-corrected chi connectivity index (χ2v) is 8.06. The van der Waals surface area contributed by atoms with E-state index in [9.17, 15) is 12.8 Å². The molecule has 1 aromatic carbocycles. The number of halogens is 1. The predicted octanol–water partition coefficient (Wildman–Crippen LogP) is 2.36. The van der Waals surface area contributed by atoms with E-state index in [1.807, 2.05) is 6.26 Å². The molecule has 0 saturated heterocycles. The Bertz CT molecular complexity index is 564. The zero-order valence-electron chi connectivity index (χ0n) is 11.4. The quantitative estimate of drug-likeness (QED) is 0.818. The minimum atomic E-state index is -3.92. The molecular weight excluding hydrogens is 299 g/mol. The van der Waals surface area contributed by atoms with Gasteiger partial charge in [-0.25, -0.2) is 17.5 Å². The molecule has 1 saturated carbocycles. The molecule has 0 unspecified atom stereocenters. The number of anilines is 1. The van der Waals surface area contributed by atoms with E-state index in [0.717, 1.165) is 31.7 Å². The van der Waals surface area contributed by atoms with E-state index < -0.39 is 20.7 Å². The van der Waals surface area contributed by atoms with Crippen LogP contribution in [0.15, 0.2) is 23.1 Å². The average molecular weight is 318 g/mol. The third kappa shape index (κ3) is 3.10. The largest absolute Gasteiger partial charge is 0.398 e. The molecule has 0 aliphatic heterocycles. The monoisotopic (exact) mass is 318 g/mol. The lowest BCUT2D eigenvalue weighted by molar-refractivity contribution is 0.539. The van der Waals surface area contributed by atoms with Crippen molar-refractivity contribution in [3.63, 3.8) is 0 Å². The van der Waals surface area contributed by atoms with Crippen LogP contribution in [0, 0.1) is 5.82 Å². The fourth-order valence-corrected chi connectivity index (χ4v) is 4.90. The lowest BCUT2D eigenvalue weighted by Crippen LogP contribution is -2.38. The van der Waals surface area contributed by atoms with E-state index in [1.54, 1.807) is 11.8 Å². The molecule has 0 amide bonds. The van der Waals surface area contributed by atoms with Crippen molar-refractivity contribution in [2.75, 3.05) is 18.5 Å². The lowest BCUT2D eigenvalue weighted by atomic mass is 10.1. The fraction of sp³-hybridized carbons (Fsp3) is 0.538. The van der Waals surface area contributed by atoms with Crippen molar-refractivity contribution < 1.29 is 12.8 Å². The van der Waals surface area contributed by atoms with E-state index in [-0.39, 0.29) is 10.4 Å². The Morgan fingerprint density at radius 1 is 1.40 bits per heavy atom. The molecule has 7 heteroatoms. The molecule has 0 heterocycles. The van der Waals surface area contributed by atoms with Crippen molar-refractivity contribution in [1.29, 1.82) is 0 Å². The molecular formula is C13H19FN2O2S2. The number of benzene rings is 1. The van der Waals surface area contributed by atoms with Crippen LogP contribution in [0.4, 0.5) is 10.1 Å². The Balaban J connectivity index is 2.20. The fourth-order valence-electron chi connectivity index (χ4n) is 2.58. The minimum Gasteiger partial charge on any atom is -0.398 e. The molecule has 1 aromatic rings. The first kappa shape index (κ1) is 15.6. The summed E-state index contributed by atoms with van der Waals surface area (Å²) in [5, 5.41) is 0. The molecule has 4 nitrogen and oxygen atoms in total. The van der Waals surface area contributed by atoms with Crippen LogP contribution >= 0.6 is 11.8 Å². The summed E-state index contributed by atoms with van der Waals surface area (Å²) in [5.74, 6) is -0.817. The van der Waals surface area contributed by atoms with Crippen molar-refractivity contribution in [3.8, 4) is 0 Å². The molecule has 20 heavy (non-hydrogen) atoms. The maximum atomic E-state index is 13.7. The van der Waals surface area contributed by atoms with Crippen LogP contribution in [-0.2, 0) is 10.0 Å². The van der Waals surface area contributed by atoms with Gasteiger partial charge in [0.2, 0.25) is 10.0 Å². The topological polar surface area (TPSA) is 72.2 Å². The van der Waals surface area contributed by atoms with Crippen molar-refractivity contribution in [2.24, 2.45) is 0 Å². The van der Waals surface area contributed by atoms with Crippen molar-refractivity contribution in [1.82, 2.24) is 4.72 Å². The predicted molar refractivity (Wildman–Crippen MR) is 80.7 cm³/mol. The second kappa shape index (κ2) is 5.91. The number of rotatable bonds is 5. The van der Waals surface area contributed by atoms with Crippen molar-refractivity contribution in [2.45, 2.75) is 35.3 Å². The van der Waals surface area contributed by atoms with Crippen molar-refractivity contribution >= 4 is 27.5 Å². The third-order valence-electron chi connectivity index (χ3n) is 3.80. The van der Waals surface area contributed by atoms with E-state index in [4.69, 9.17) is 5.73 Å². The highest BCUT2D eigenvalue weighted by Crippen LogP contribution is 2.40. The number of hydrogen-bond donors (Lipinski definition) is 2. The SMILES string of the molecule is CSC1(CNS(=O)(=O)c2c(N)cccc2F)CCCC1. The summed E-state index contributed by atoms with van der Waals surface area (Å²) in [7, 11) is -3.92. The Kier molecular flexibility index (Phi) is 4.61. The number of nitrogens with one attached hydrogen (secondary N) is 1. The molecule has 2 rings (SSSR count). The van der Waals surface area contributed by atoms with Crippen LogP contribution in [0.25, 0.3) is 0 Å². The molecule has 0 atom stereocenters. The van der Waals surface area contributed by atoms with Gasteiger partial charge in [-0.3, -0.25) is 0 Å². The normalized spacial score (nSPS) is 18.3. The average Bonchev–Trinajstić information content (AvgIpc) is 2.85. The first-order chi connectivity index (χ1) is 9.40. The van der Waals surface area contributed by atoms with E-state index >= 15 is 0 Å². The zero-order chi connectivity index (χ0) is 14.8. The molecule has 1 fully saturated rings. The van der Waals surface area contributed by atoms with Gasteiger partial charge in [-0.05, 0) is 31.2 Å². The standard InChI is InChI=1S/C13H19FN2O2S2/c1-19-13(7-2-3-8-13)9-16-20(17,18)12-10(14)5-4-6-11(12)15/h4-6,16H,2-3,7-9,15H2,1H3. The van der Waals surface area contributed by atoms with Gasteiger partial charge in [0.25, 0.3) is 0 Å². The maximum Gasteiger partial charge on any atom is 0.245 e. The minimum absolute atomic E-state index is 0.0675. The van der Waals surface area contributed by atoms with Gasteiger partial charge in [0, 0.05) is 11.3 Å². The number of nitrogens with two attached hydrogens (primary N) is 1. The van der Waals surface area contributed by atoms with Gasteiger partial charge in [-0.1, -0.05) is 18.9 Å². The summed E-state index contributed by atoms with van der Waals surface area (Å²) in [6.07, 6.45) is 6.14. The molecule has 0 spiro atoms. The molecule has 3 N–H and O–H groups in total. The van der Waals surface area contributed by atoms with Gasteiger partial charge >= 0.3 is 0 Å². The lowest BCUT2D eigenvalue weighted by Gasteiger charge is -2.27. The molecule has 0 bridgehead atoms. The summed E-state index contributed by atoms with van der Waals surface area (Å²) >= 11 is 1.67. The first-order valence-electron chi connectivity index (χ1n) is 6.49. The van der Waals surface area contributed by atoms with Gasteiger partial charge in [0.05, 0.1) is 5.69 Å². The third-order valence-corrected chi connectivity index (χ3v) is 6.71. The smallest absolute Gasteiger partial charge is 0.245 e. The van der Waals surface area contributed by atoms with Gasteiger partial charge in [-0.2, -0.15) is 11.8 Å². The maximum absolute atomic E-state index is 13.7. The number of thioether (sulfide) groups is 1. The van der Waals surface area contributed by atoms with E-state index in [1.165, 1.54) is 12.1 Å². The van der Waals surface area contributed by atoms with Gasteiger partial charge in [0.1, 0.15) is 10.7 Å². The summed E-state index contributed by atoms with van der Waals surface area (Å²) in [5.41, 5.74) is 5.52. The summed E-state index contributed by atoms with van der Waals surface area (Å²) in [6.45, 7) is 0.310. The van der Waals surface area contributed by atoms with Gasteiger partial charge in [0.15, 0.2) is 0 Å². The molecule has 1 aliphatic rings. The van der Waals surface area contributed by atoms with Gasteiger partial charge < -0.3 is 5.73 Å².